The van der Waals surface area contributed by atoms with Crippen molar-refractivity contribution in [1.29, 1.82) is 0 Å². The van der Waals surface area contributed by atoms with Crippen LogP contribution in [0.3, 0.4) is 0 Å². The van der Waals surface area contributed by atoms with Crippen molar-refractivity contribution in [2.45, 2.75) is 6.61 Å². The molecular formula is C17H15BrFNO2. The van der Waals surface area contributed by atoms with Gasteiger partial charge in [-0.15, -0.1) is 0 Å². The second-order valence-electron chi connectivity index (χ2n) is 4.51. The predicted octanol–water partition coefficient (Wildman–Crippen LogP) is 4.53. The molecule has 0 aliphatic rings. The molecule has 1 N–H and O–H groups in total. The molecular weight excluding hydrogens is 349 g/mol. The summed E-state index contributed by atoms with van der Waals surface area (Å²) in [5.41, 5.74) is 1.38. The van der Waals surface area contributed by atoms with Gasteiger partial charge in [-0.25, -0.2) is 9.18 Å². The minimum Gasteiger partial charge on any atom is -0.445 e. The number of nitrogens with one attached hydrogen (secondary N) is 1. The van der Waals surface area contributed by atoms with Gasteiger partial charge in [0.25, 0.3) is 0 Å². The lowest BCUT2D eigenvalue weighted by Crippen LogP contribution is -2.24. The van der Waals surface area contributed by atoms with Crippen molar-refractivity contribution in [3.63, 3.8) is 0 Å². The van der Waals surface area contributed by atoms with Gasteiger partial charge in [0.2, 0.25) is 0 Å². The first-order chi connectivity index (χ1) is 10.6. The van der Waals surface area contributed by atoms with E-state index in [9.17, 15) is 9.18 Å². The highest BCUT2D eigenvalue weighted by Gasteiger charge is 2.01. The molecule has 0 saturated heterocycles. The fraction of sp³-hybridized carbons (Fsp3) is 0.118. The maximum absolute atomic E-state index is 13.6. The first-order valence-corrected chi connectivity index (χ1v) is 7.50. The molecule has 0 unspecified atom stereocenters. The monoisotopic (exact) mass is 363 g/mol. The first kappa shape index (κ1) is 16.2. The molecule has 0 aliphatic carbocycles. The normalized spacial score (nSPS) is 10.6. The molecule has 0 heterocycles. The Hall–Kier alpha value is -2.14. The van der Waals surface area contributed by atoms with Gasteiger partial charge in [-0.1, -0.05) is 64.5 Å². The number of rotatable bonds is 5. The van der Waals surface area contributed by atoms with Gasteiger partial charge in [-0.05, 0) is 17.7 Å². The first-order valence-electron chi connectivity index (χ1n) is 6.71. The van der Waals surface area contributed by atoms with E-state index in [4.69, 9.17) is 4.74 Å². The van der Waals surface area contributed by atoms with Crippen molar-refractivity contribution in [2.75, 3.05) is 6.54 Å². The predicted molar refractivity (Wildman–Crippen MR) is 87.8 cm³/mol. The average molecular weight is 364 g/mol. The van der Waals surface area contributed by atoms with Crippen molar-refractivity contribution < 1.29 is 13.9 Å². The largest absolute Gasteiger partial charge is 0.445 e. The zero-order valence-electron chi connectivity index (χ0n) is 11.8. The highest BCUT2D eigenvalue weighted by Crippen LogP contribution is 2.16. The summed E-state index contributed by atoms with van der Waals surface area (Å²) in [6.07, 6.45) is 2.76. The molecule has 22 heavy (non-hydrogen) atoms. The topological polar surface area (TPSA) is 38.3 Å². The molecule has 2 aromatic carbocycles. The molecule has 0 fully saturated rings. The Bertz CT molecular complexity index is 659. The van der Waals surface area contributed by atoms with Crippen LogP contribution in [-0.2, 0) is 11.3 Å². The fourth-order valence-corrected chi connectivity index (χ4v) is 2.07. The van der Waals surface area contributed by atoms with Crippen molar-refractivity contribution in [3.8, 4) is 0 Å². The average Bonchev–Trinajstić information content (AvgIpc) is 2.52. The number of alkyl carbamates (subject to hydrolysis) is 1. The zero-order valence-corrected chi connectivity index (χ0v) is 13.3. The van der Waals surface area contributed by atoms with E-state index in [1.54, 1.807) is 24.3 Å². The van der Waals surface area contributed by atoms with E-state index in [0.717, 1.165) is 5.56 Å². The van der Waals surface area contributed by atoms with Crippen LogP contribution in [0.5, 0.6) is 0 Å². The van der Waals surface area contributed by atoms with Crippen LogP contribution >= 0.6 is 15.9 Å². The summed E-state index contributed by atoms with van der Waals surface area (Å²) in [5, 5.41) is 2.57. The third-order valence-electron chi connectivity index (χ3n) is 2.84. The van der Waals surface area contributed by atoms with E-state index in [0.29, 0.717) is 10.0 Å². The molecule has 0 spiro atoms. The van der Waals surface area contributed by atoms with Gasteiger partial charge in [0.05, 0.1) is 0 Å². The van der Waals surface area contributed by atoms with Crippen LogP contribution in [0.1, 0.15) is 11.1 Å². The standard InChI is InChI=1S/C17H15BrFNO2/c18-15-9-8-14(16(19)11-15)7-4-10-20-17(21)22-12-13-5-2-1-3-6-13/h1-9,11H,10,12H2,(H,20,21). The molecule has 0 aliphatic heterocycles. The molecule has 3 nitrogen and oxygen atoms in total. The van der Waals surface area contributed by atoms with E-state index >= 15 is 0 Å². The summed E-state index contributed by atoms with van der Waals surface area (Å²) in [7, 11) is 0. The van der Waals surface area contributed by atoms with Gasteiger partial charge < -0.3 is 10.1 Å². The maximum atomic E-state index is 13.6. The summed E-state index contributed by atoms with van der Waals surface area (Å²) in [6, 6.07) is 14.2. The molecule has 0 saturated carbocycles. The van der Waals surface area contributed by atoms with E-state index < -0.39 is 6.09 Å². The van der Waals surface area contributed by atoms with Crippen LogP contribution in [0.2, 0.25) is 0 Å². The van der Waals surface area contributed by atoms with Crippen molar-refractivity contribution in [1.82, 2.24) is 5.32 Å². The van der Waals surface area contributed by atoms with Gasteiger partial charge in [-0.3, -0.25) is 0 Å². The van der Waals surface area contributed by atoms with Crippen LogP contribution in [0.4, 0.5) is 9.18 Å². The van der Waals surface area contributed by atoms with Crippen LogP contribution in [0.25, 0.3) is 6.08 Å². The van der Waals surface area contributed by atoms with Crippen LogP contribution in [0.15, 0.2) is 59.1 Å². The molecule has 1 amide bonds. The lowest BCUT2D eigenvalue weighted by Gasteiger charge is -2.05. The second kappa shape index (κ2) is 8.34. The molecule has 0 aromatic heterocycles. The minimum absolute atomic E-state index is 0.220. The van der Waals surface area contributed by atoms with Gasteiger partial charge in [0.1, 0.15) is 12.4 Å². The lowest BCUT2D eigenvalue weighted by molar-refractivity contribution is 0.141. The van der Waals surface area contributed by atoms with Crippen LogP contribution < -0.4 is 5.32 Å². The Kier molecular flexibility index (Phi) is 6.15. The maximum Gasteiger partial charge on any atom is 0.407 e. The molecule has 0 bridgehead atoms. The Morgan fingerprint density at radius 2 is 2.00 bits per heavy atom. The summed E-state index contributed by atoms with van der Waals surface area (Å²) < 4.78 is 19.3. The zero-order chi connectivity index (χ0) is 15.8. The van der Waals surface area contributed by atoms with E-state index in [1.165, 1.54) is 6.07 Å². The number of amides is 1. The smallest absolute Gasteiger partial charge is 0.407 e. The number of carbonyl (C=O) groups excluding carboxylic acids is 1. The summed E-state index contributed by atoms with van der Waals surface area (Å²) in [6.45, 7) is 0.487. The Morgan fingerprint density at radius 1 is 1.23 bits per heavy atom. The van der Waals surface area contributed by atoms with Crippen molar-refractivity contribution in [3.05, 3.63) is 76.0 Å². The third kappa shape index (κ3) is 5.33. The second-order valence-corrected chi connectivity index (χ2v) is 5.43. The van der Waals surface area contributed by atoms with Gasteiger partial charge in [0.15, 0.2) is 0 Å². The molecule has 114 valence electrons. The summed E-state index contributed by atoms with van der Waals surface area (Å²) >= 11 is 3.20. The summed E-state index contributed by atoms with van der Waals surface area (Å²) in [5.74, 6) is -0.322. The molecule has 2 aromatic rings. The van der Waals surface area contributed by atoms with E-state index in [-0.39, 0.29) is 19.0 Å². The van der Waals surface area contributed by atoms with E-state index in [2.05, 4.69) is 21.2 Å². The van der Waals surface area contributed by atoms with Crippen LogP contribution in [0, 0.1) is 5.82 Å². The van der Waals surface area contributed by atoms with Crippen molar-refractivity contribution in [2.24, 2.45) is 0 Å². The number of hydrogen-bond acceptors (Lipinski definition) is 2. The highest BCUT2D eigenvalue weighted by atomic mass is 79.9. The van der Waals surface area contributed by atoms with Crippen LogP contribution in [-0.4, -0.2) is 12.6 Å². The Morgan fingerprint density at radius 3 is 2.73 bits per heavy atom. The highest BCUT2D eigenvalue weighted by molar-refractivity contribution is 9.10. The van der Waals surface area contributed by atoms with E-state index in [1.807, 2.05) is 30.3 Å². The molecule has 0 radical (unpaired) electrons. The number of halogens is 2. The SMILES string of the molecule is O=C(NCC=Cc1ccc(Br)cc1F)OCc1ccccc1. The lowest BCUT2D eigenvalue weighted by atomic mass is 10.2. The number of hydrogen-bond donors (Lipinski definition) is 1. The minimum atomic E-state index is -0.509. The fourth-order valence-electron chi connectivity index (χ4n) is 1.74. The Balaban J connectivity index is 1.73. The van der Waals surface area contributed by atoms with Gasteiger partial charge in [-0.2, -0.15) is 0 Å². The van der Waals surface area contributed by atoms with Gasteiger partial charge in [0, 0.05) is 16.6 Å². The molecule has 5 heteroatoms. The number of carbonyl (C=O) groups is 1. The quantitative estimate of drug-likeness (QED) is 0.847. The van der Waals surface area contributed by atoms with Gasteiger partial charge >= 0.3 is 6.09 Å². The third-order valence-corrected chi connectivity index (χ3v) is 3.33. The summed E-state index contributed by atoms with van der Waals surface area (Å²) in [4.78, 5) is 11.5. The Labute approximate surface area is 136 Å². The number of ether oxygens (including phenoxy) is 1. The van der Waals surface area contributed by atoms with Crippen molar-refractivity contribution >= 4 is 28.1 Å². The molecule has 0 atom stereocenters. The number of benzene rings is 2. The molecule has 2 rings (SSSR count).